The molecule has 1 aromatic carbocycles. The molecule has 2 fully saturated rings. The van der Waals surface area contributed by atoms with E-state index in [0.717, 1.165) is 43.4 Å². The molecular weight excluding hydrogens is 438 g/mol. The van der Waals surface area contributed by atoms with Gasteiger partial charge in [0.05, 0.1) is 16.6 Å². The number of sulfone groups is 1. The van der Waals surface area contributed by atoms with Gasteiger partial charge in [-0.15, -0.1) is 10.2 Å². The molecule has 0 saturated carbocycles. The molecule has 8 nitrogen and oxygen atoms in total. The Kier molecular flexibility index (Phi) is 7.17. The number of hydrogen-bond donors (Lipinski definition) is 0. The molecule has 2 saturated heterocycles. The molecule has 2 aliphatic rings. The Morgan fingerprint density at radius 3 is 1.88 bits per heavy atom. The number of anilines is 2. The molecular formula is C24H33N5O3S. The van der Waals surface area contributed by atoms with Crippen LogP contribution in [0.2, 0.25) is 0 Å². The molecule has 0 N–H and O–H groups in total. The van der Waals surface area contributed by atoms with Crippen molar-refractivity contribution in [2.45, 2.75) is 49.7 Å². The molecule has 178 valence electrons. The van der Waals surface area contributed by atoms with Crippen molar-refractivity contribution in [3.05, 3.63) is 42.0 Å². The third-order valence-electron chi connectivity index (χ3n) is 6.50. The Hall–Kier alpha value is -2.68. The van der Waals surface area contributed by atoms with Gasteiger partial charge in [0, 0.05) is 39.3 Å². The minimum absolute atomic E-state index is 0.0562. The van der Waals surface area contributed by atoms with Crippen LogP contribution in [0.4, 0.5) is 11.6 Å². The van der Waals surface area contributed by atoms with Crippen LogP contribution < -0.4 is 9.80 Å². The molecule has 1 amide bonds. The van der Waals surface area contributed by atoms with Crippen LogP contribution in [0, 0.1) is 0 Å². The topological polar surface area (TPSA) is 86.7 Å². The van der Waals surface area contributed by atoms with E-state index < -0.39 is 15.1 Å². The van der Waals surface area contributed by atoms with E-state index in [4.69, 9.17) is 0 Å². The molecule has 0 aliphatic carbocycles. The van der Waals surface area contributed by atoms with Crippen LogP contribution in [0.5, 0.6) is 0 Å². The zero-order valence-corrected chi connectivity index (χ0v) is 20.3. The van der Waals surface area contributed by atoms with Gasteiger partial charge in [0.2, 0.25) is 5.91 Å². The standard InChI is InChI=1S/C24H33N5O3S/c1-19(2)33(31,32)21-8-6-20(7-9-21)18-24(30)29-16-14-28(15-17-29)23-11-10-22(25-26-23)27-12-4-3-5-13-27/h6-11,19H,3-5,12-18H2,1-2H3. The quantitative estimate of drug-likeness (QED) is 0.640. The fraction of sp³-hybridized carbons (Fsp3) is 0.542. The summed E-state index contributed by atoms with van der Waals surface area (Å²) in [5, 5.41) is 8.40. The van der Waals surface area contributed by atoms with Crippen molar-refractivity contribution in [3.63, 3.8) is 0 Å². The first-order chi connectivity index (χ1) is 15.8. The molecule has 0 bridgehead atoms. The van der Waals surface area contributed by atoms with Gasteiger partial charge in [-0.3, -0.25) is 4.79 Å². The first-order valence-corrected chi connectivity index (χ1v) is 13.3. The maximum atomic E-state index is 12.8. The highest BCUT2D eigenvalue weighted by Crippen LogP contribution is 2.21. The molecule has 0 radical (unpaired) electrons. The van der Waals surface area contributed by atoms with E-state index in [2.05, 4.69) is 20.0 Å². The summed E-state index contributed by atoms with van der Waals surface area (Å²) in [6.45, 7) is 8.13. The first kappa shape index (κ1) is 23.5. The average Bonchev–Trinajstić information content (AvgIpc) is 2.85. The van der Waals surface area contributed by atoms with Crippen molar-refractivity contribution >= 4 is 27.4 Å². The lowest BCUT2D eigenvalue weighted by Gasteiger charge is -2.35. The van der Waals surface area contributed by atoms with Gasteiger partial charge in [0.15, 0.2) is 21.5 Å². The van der Waals surface area contributed by atoms with Gasteiger partial charge in [-0.25, -0.2) is 8.42 Å². The molecule has 2 aromatic rings. The monoisotopic (exact) mass is 471 g/mol. The maximum absolute atomic E-state index is 12.8. The number of carbonyl (C=O) groups is 1. The highest BCUT2D eigenvalue weighted by molar-refractivity contribution is 7.92. The summed E-state index contributed by atoms with van der Waals surface area (Å²) in [5.74, 6) is 1.85. The summed E-state index contributed by atoms with van der Waals surface area (Å²) < 4.78 is 24.5. The average molecular weight is 472 g/mol. The normalized spacial score (nSPS) is 17.5. The number of amides is 1. The van der Waals surface area contributed by atoms with E-state index in [0.29, 0.717) is 18.0 Å². The summed E-state index contributed by atoms with van der Waals surface area (Å²) in [6, 6.07) is 10.8. The van der Waals surface area contributed by atoms with Crippen LogP contribution in [-0.2, 0) is 21.1 Å². The van der Waals surface area contributed by atoms with Crippen LogP contribution in [0.25, 0.3) is 0 Å². The third kappa shape index (κ3) is 5.46. The number of benzene rings is 1. The van der Waals surface area contributed by atoms with Crippen LogP contribution in [0.1, 0.15) is 38.7 Å². The Morgan fingerprint density at radius 2 is 1.36 bits per heavy atom. The lowest BCUT2D eigenvalue weighted by Crippen LogP contribution is -2.49. The predicted octanol–water partition coefficient (Wildman–Crippen LogP) is 2.54. The van der Waals surface area contributed by atoms with E-state index in [9.17, 15) is 13.2 Å². The lowest BCUT2D eigenvalue weighted by molar-refractivity contribution is -0.130. The largest absolute Gasteiger partial charge is 0.355 e. The maximum Gasteiger partial charge on any atom is 0.227 e. The van der Waals surface area contributed by atoms with Gasteiger partial charge in [0.25, 0.3) is 0 Å². The van der Waals surface area contributed by atoms with Crippen molar-refractivity contribution in [1.82, 2.24) is 15.1 Å². The molecule has 2 aliphatic heterocycles. The molecule has 0 spiro atoms. The number of hydrogen-bond acceptors (Lipinski definition) is 7. The number of aromatic nitrogens is 2. The highest BCUT2D eigenvalue weighted by Gasteiger charge is 2.23. The van der Waals surface area contributed by atoms with Crippen molar-refractivity contribution in [1.29, 1.82) is 0 Å². The highest BCUT2D eigenvalue weighted by atomic mass is 32.2. The van der Waals surface area contributed by atoms with Crippen molar-refractivity contribution in [2.75, 3.05) is 49.1 Å². The molecule has 4 rings (SSSR count). The molecule has 9 heteroatoms. The van der Waals surface area contributed by atoms with E-state index in [1.54, 1.807) is 38.1 Å². The van der Waals surface area contributed by atoms with Gasteiger partial charge in [-0.05, 0) is 62.9 Å². The van der Waals surface area contributed by atoms with Crippen LogP contribution >= 0.6 is 0 Å². The summed E-state index contributed by atoms with van der Waals surface area (Å²) in [7, 11) is -3.30. The van der Waals surface area contributed by atoms with E-state index in [-0.39, 0.29) is 12.3 Å². The summed E-state index contributed by atoms with van der Waals surface area (Å²) in [6.07, 6.45) is 3.98. The molecule has 0 unspecified atom stereocenters. The van der Waals surface area contributed by atoms with Gasteiger partial charge >= 0.3 is 0 Å². The van der Waals surface area contributed by atoms with E-state index >= 15 is 0 Å². The van der Waals surface area contributed by atoms with Crippen molar-refractivity contribution < 1.29 is 13.2 Å². The summed E-state index contributed by atoms with van der Waals surface area (Å²) >= 11 is 0. The minimum Gasteiger partial charge on any atom is -0.355 e. The van der Waals surface area contributed by atoms with Crippen molar-refractivity contribution in [3.8, 4) is 0 Å². The molecule has 33 heavy (non-hydrogen) atoms. The smallest absolute Gasteiger partial charge is 0.227 e. The second-order valence-electron chi connectivity index (χ2n) is 9.08. The number of nitrogens with zero attached hydrogens (tertiary/aromatic N) is 5. The summed E-state index contributed by atoms with van der Waals surface area (Å²) in [5.41, 5.74) is 0.823. The van der Waals surface area contributed by atoms with Crippen molar-refractivity contribution in [2.24, 2.45) is 0 Å². The SMILES string of the molecule is CC(C)S(=O)(=O)c1ccc(CC(=O)N2CCN(c3ccc(N4CCCCC4)nn3)CC2)cc1. The van der Waals surface area contributed by atoms with Gasteiger partial charge < -0.3 is 14.7 Å². The predicted molar refractivity (Wildman–Crippen MR) is 129 cm³/mol. The second-order valence-corrected chi connectivity index (χ2v) is 11.6. The lowest BCUT2D eigenvalue weighted by atomic mass is 10.1. The third-order valence-corrected chi connectivity index (χ3v) is 8.67. The number of rotatable bonds is 6. The summed E-state index contributed by atoms with van der Waals surface area (Å²) in [4.78, 5) is 19.4. The second kappa shape index (κ2) is 10.1. The van der Waals surface area contributed by atoms with E-state index in [1.807, 2.05) is 17.0 Å². The minimum atomic E-state index is -3.30. The van der Waals surface area contributed by atoms with Crippen LogP contribution in [0.15, 0.2) is 41.3 Å². The molecule has 3 heterocycles. The zero-order valence-electron chi connectivity index (χ0n) is 19.5. The van der Waals surface area contributed by atoms with Gasteiger partial charge in [0.1, 0.15) is 0 Å². The fourth-order valence-electron chi connectivity index (χ4n) is 4.32. The Morgan fingerprint density at radius 1 is 0.818 bits per heavy atom. The van der Waals surface area contributed by atoms with Crippen LogP contribution in [-0.4, -0.2) is 73.9 Å². The van der Waals surface area contributed by atoms with Gasteiger partial charge in [-0.2, -0.15) is 0 Å². The number of piperidine rings is 1. The first-order valence-electron chi connectivity index (χ1n) is 11.8. The van der Waals surface area contributed by atoms with Crippen LogP contribution in [0.3, 0.4) is 0 Å². The Bertz CT molecular complexity index is 1040. The fourth-order valence-corrected chi connectivity index (χ4v) is 5.38. The number of piperazine rings is 1. The Balaban J connectivity index is 1.29. The Labute approximate surface area is 196 Å². The van der Waals surface area contributed by atoms with Gasteiger partial charge in [-0.1, -0.05) is 12.1 Å². The zero-order chi connectivity index (χ0) is 23.4. The van der Waals surface area contributed by atoms with E-state index in [1.165, 1.54) is 19.3 Å². The number of carbonyl (C=O) groups excluding carboxylic acids is 1. The molecule has 1 aromatic heterocycles. The molecule has 0 atom stereocenters.